The Morgan fingerprint density at radius 2 is 2.09 bits per heavy atom. The molecule has 1 saturated heterocycles. The number of rotatable bonds is 3. The van der Waals surface area contributed by atoms with Gasteiger partial charge >= 0.3 is 6.09 Å². The number of carbonyl (C=O) groups is 1. The van der Waals surface area contributed by atoms with Crippen molar-refractivity contribution < 1.29 is 13.9 Å². The van der Waals surface area contributed by atoms with Gasteiger partial charge in [0.05, 0.1) is 0 Å². The Bertz CT molecular complexity index is 566. The van der Waals surface area contributed by atoms with E-state index in [2.05, 4.69) is 21.2 Å². The highest BCUT2D eigenvalue weighted by atomic mass is 79.9. The van der Waals surface area contributed by atoms with Gasteiger partial charge < -0.3 is 15.0 Å². The molecule has 22 heavy (non-hydrogen) atoms. The molecule has 4 nitrogen and oxygen atoms in total. The fourth-order valence-electron chi connectivity index (χ4n) is 2.16. The van der Waals surface area contributed by atoms with Crippen LogP contribution in [0.25, 0.3) is 0 Å². The summed E-state index contributed by atoms with van der Waals surface area (Å²) in [7, 11) is 0. The molecule has 1 fully saturated rings. The van der Waals surface area contributed by atoms with Gasteiger partial charge in [0.2, 0.25) is 0 Å². The summed E-state index contributed by atoms with van der Waals surface area (Å²) in [6.45, 7) is 9.08. The summed E-state index contributed by atoms with van der Waals surface area (Å²) < 4.78 is 19.8. The Kier molecular flexibility index (Phi) is 5.12. The van der Waals surface area contributed by atoms with Crippen molar-refractivity contribution in [1.82, 2.24) is 10.2 Å². The molecule has 2 rings (SSSR count). The van der Waals surface area contributed by atoms with Gasteiger partial charge in [0.25, 0.3) is 0 Å². The van der Waals surface area contributed by atoms with Gasteiger partial charge in [-0.2, -0.15) is 0 Å². The van der Waals surface area contributed by atoms with Crippen LogP contribution in [0.15, 0.2) is 16.6 Å². The predicted molar refractivity (Wildman–Crippen MR) is 87.3 cm³/mol. The van der Waals surface area contributed by atoms with Crippen molar-refractivity contribution in [3.8, 4) is 0 Å². The molecule has 1 amide bonds. The summed E-state index contributed by atoms with van der Waals surface area (Å²) in [6, 6.07) is 3.53. The second-order valence-electron chi connectivity index (χ2n) is 6.66. The van der Waals surface area contributed by atoms with Crippen molar-refractivity contribution >= 4 is 22.0 Å². The van der Waals surface area contributed by atoms with E-state index in [1.807, 2.05) is 20.8 Å². The zero-order valence-electron chi connectivity index (χ0n) is 13.4. The van der Waals surface area contributed by atoms with Crippen LogP contribution in [0, 0.1) is 12.7 Å². The van der Waals surface area contributed by atoms with Gasteiger partial charge in [-0.1, -0.05) is 15.9 Å². The summed E-state index contributed by atoms with van der Waals surface area (Å²) in [5.74, 6) is -0.205. The smallest absolute Gasteiger partial charge is 0.410 e. The molecule has 1 N–H and O–H groups in total. The van der Waals surface area contributed by atoms with Gasteiger partial charge in [0.1, 0.15) is 11.4 Å². The zero-order chi connectivity index (χ0) is 16.5. The van der Waals surface area contributed by atoms with Crippen molar-refractivity contribution in [3.05, 3.63) is 33.5 Å². The number of halogens is 2. The van der Waals surface area contributed by atoms with Gasteiger partial charge in [-0.15, -0.1) is 0 Å². The molecule has 0 bridgehead atoms. The Morgan fingerprint density at radius 1 is 1.45 bits per heavy atom. The number of nitrogens with zero attached hydrogens (tertiary/aromatic N) is 1. The van der Waals surface area contributed by atoms with Gasteiger partial charge in [-0.05, 0) is 51.0 Å². The zero-order valence-corrected chi connectivity index (χ0v) is 15.0. The fourth-order valence-corrected chi connectivity index (χ4v) is 2.76. The van der Waals surface area contributed by atoms with Crippen LogP contribution >= 0.6 is 15.9 Å². The summed E-state index contributed by atoms with van der Waals surface area (Å²) in [5, 5.41) is 3.32. The van der Waals surface area contributed by atoms with Crippen molar-refractivity contribution in [2.24, 2.45) is 0 Å². The van der Waals surface area contributed by atoms with E-state index in [-0.39, 0.29) is 18.0 Å². The second kappa shape index (κ2) is 6.54. The van der Waals surface area contributed by atoms with Crippen LogP contribution in [0.5, 0.6) is 0 Å². The number of amides is 1. The molecule has 6 heteroatoms. The lowest BCUT2D eigenvalue weighted by molar-refractivity contribution is 0.00518. The third kappa shape index (κ3) is 4.43. The second-order valence-corrected chi connectivity index (χ2v) is 7.51. The molecular weight excluding hydrogens is 351 g/mol. The number of hydrogen-bond acceptors (Lipinski definition) is 3. The van der Waals surface area contributed by atoms with Crippen LogP contribution in [-0.2, 0) is 11.3 Å². The maximum absolute atomic E-state index is 13.6. The molecule has 1 heterocycles. The number of hydrogen-bond donors (Lipinski definition) is 1. The molecule has 0 unspecified atom stereocenters. The number of nitrogens with one attached hydrogen (secondary N) is 1. The number of benzene rings is 1. The summed E-state index contributed by atoms with van der Waals surface area (Å²) in [4.78, 5) is 13.5. The largest absolute Gasteiger partial charge is 0.444 e. The molecule has 1 aromatic rings. The van der Waals surface area contributed by atoms with Crippen LogP contribution in [0.1, 0.15) is 31.9 Å². The minimum Gasteiger partial charge on any atom is -0.444 e. The topological polar surface area (TPSA) is 41.6 Å². The van der Waals surface area contributed by atoms with Gasteiger partial charge in [-0.25, -0.2) is 9.18 Å². The van der Waals surface area contributed by atoms with Crippen LogP contribution in [0.4, 0.5) is 9.18 Å². The van der Waals surface area contributed by atoms with E-state index in [1.54, 1.807) is 17.9 Å². The Hall–Kier alpha value is -1.14. The van der Waals surface area contributed by atoms with E-state index in [1.165, 1.54) is 6.07 Å². The molecule has 0 radical (unpaired) electrons. The maximum Gasteiger partial charge on any atom is 0.410 e. The average Bonchev–Trinajstić information content (AvgIpc) is 2.31. The van der Waals surface area contributed by atoms with E-state index in [0.717, 1.165) is 10.0 Å². The van der Waals surface area contributed by atoms with Crippen molar-refractivity contribution in [2.45, 2.75) is 45.9 Å². The van der Waals surface area contributed by atoms with Gasteiger partial charge in [0.15, 0.2) is 0 Å². The summed E-state index contributed by atoms with van der Waals surface area (Å²) in [5.41, 5.74) is 1.02. The van der Waals surface area contributed by atoms with E-state index < -0.39 is 5.60 Å². The standard InChI is InChI=1S/C16H22BrFN2O2/c1-10-5-13(17)11(6-14(10)18)7-19-12-8-20(9-12)15(21)22-16(2,3)4/h5-6,12,19H,7-9H2,1-4H3. The quantitative estimate of drug-likeness (QED) is 0.880. The van der Waals surface area contributed by atoms with Crippen molar-refractivity contribution in [2.75, 3.05) is 13.1 Å². The first-order valence-electron chi connectivity index (χ1n) is 7.31. The van der Waals surface area contributed by atoms with Crippen LogP contribution in [-0.4, -0.2) is 35.7 Å². The van der Waals surface area contributed by atoms with Crippen molar-refractivity contribution in [3.63, 3.8) is 0 Å². The van der Waals surface area contributed by atoms with E-state index >= 15 is 0 Å². The first-order chi connectivity index (χ1) is 10.2. The highest BCUT2D eigenvalue weighted by Crippen LogP contribution is 2.22. The molecule has 0 spiro atoms. The summed E-state index contributed by atoms with van der Waals surface area (Å²) >= 11 is 3.45. The number of aryl methyl sites for hydroxylation is 1. The molecule has 0 atom stereocenters. The SMILES string of the molecule is Cc1cc(Br)c(CNC2CN(C(=O)OC(C)(C)C)C2)cc1F. The van der Waals surface area contributed by atoms with Gasteiger partial charge in [0, 0.05) is 30.1 Å². The molecule has 0 aliphatic carbocycles. The minimum absolute atomic E-state index is 0.205. The molecule has 0 aromatic heterocycles. The maximum atomic E-state index is 13.6. The number of carbonyl (C=O) groups excluding carboxylic acids is 1. The highest BCUT2D eigenvalue weighted by Gasteiger charge is 2.33. The first-order valence-corrected chi connectivity index (χ1v) is 8.11. The first kappa shape index (κ1) is 17.2. The van der Waals surface area contributed by atoms with E-state index in [9.17, 15) is 9.18 Å². The lowest BCUT2D eigenvalue weighted by Crippen LogP contribution is -2.60. The predicted octanol–water partition coefficient (Wildman–Crippen LogP) is 3.61. The van der Waals surface area contributed by atoms with Crippen LogP contribution in [0.2, 0.25) is 0 Å². The molecule has 1 aromatic carbocycles. The summed E-state index contributed by atoms with van der Waals surface area (Å²) in [6.07, 6.45) is -0.284. The minimum atomic E-state index is -0.472. The molecule has 122 valence electrons. The Balaban J connectivity index is 1.79. The third-order valence-electron chi connectivity index (χ3n) is 3.44. The molecule has 0 saturated carbocycles. The molecular formula is C16H22BrFN2O2. The van der Waals surface area contributed by atoms with E-state index in [4.69, 9.17) is 4.74 Å². The van der Waals surface area contributed by atoms with Crippen LogP contribution in [0.3, 0.4) is 0 Å². The molecule has 1 aliphatic rings. The fraction of sp³-hybridized carbons (Fsp3) is 0.562. The third-order valence-corrected chi connectivity index (χ3v) is 4.18. The van der Waals surface area contributed by atoms with Crippen LogP contribution < -0.4 is 5.32 Å². The average molecular weight is 373 g/mol. The Labute approximate surface area is 139 Å². The normalized spacial score (nSPS) is 15.6. The highest BCUT2D eigenvalue weighted by molar-refractivity contribution is 9.10. The van der Waals surface area contributed by atoms with Gasteiger partial charge in [-0.3, -0.25) is 0 Å². The lowest BCUT2D eigenvalue weighted by atomic mass is 10.1. The monoisotopic (exact) mass is 372 g/mol. The lowest BCUT2D eigenvalue weighted by Gasteiger charge is -2.40. The van der Waals surface area contributed by atoms with Crippen molar-refractivity contribution in [1.29, 1.82) is 0 Å². The molecule has 1 aliphatic heterocycles. The number of ether oxygens (including phenoxy) is 1. The van der Waals surface area contributed by atoms with E-state index in [0.29, 0.717) is 25.2 Å². The number of likely N-dealkylation sites (tertiary alicyclic amines) is 1. The Morgan fingerprint density at radius 3 is 2.68 bits per heavy atom.